The summed E-state index contributed by atoms with van der Waals surface area (Å²) in [5.74, 6) is -0.818. The van der Waals surface area contributed by atoms with Gasteiger partial charge in [0.1, 0.15) is 10.7 Å². The zero-order valence-corrected chi connectivity index (χ0v) is 16.6. The summed E-state index contributed by atoms with van der Waals surface area (Å²) in [4.78, 5) is 12.6. The van der Waals surface area contributed by atoms with Crippen LogP contribution < -0.4 is 5.32 Å². The molecule has 3 rings (SSSR count). The quantitative estimate of drug-likeness (QED) is 0.569. The molecule has 0 fully saturated rings. The van der Waals surface area contributed by atoms with Crippen LogP contribution in [0.25, 0.3) is 10.1 Å². The topological polar surface area (TPSA) is 63.2 Å². The van der Waals surface area contributed by atoms with Crippen molar-refractivity contribution >= 4 is 48.8 Å². The van der Waals surface area contributed by atoms with Crippen LogP contribution in [0.4, 0.5) is 4.39 Å². The maximum Gasteiger partial charge on any atom is 0.262 e. The van der Waals surface area contributed by atoms with E-state index >= 15 is 0 Å². The minimum atomic E-state index is -3.25. The highest BCUT2D eigenvalue weighted by molar-refractivity contribution is 7.90. The molecule has 0 unspecified atom stereocenters. The third-order valence-corrected chi connectivity index (χ3v) is 7.28. The van der Waals surface area contributed by atoms with Gasteiger partial charge in [0.15, 0.2) is 9.84 Å². The maximum absolute atomic E-state index is 13.3. The van der Waals surface area contributed by atoms with E-state index in [1.807, 2.05) is 6.07 Å². The van der Waals surface area contributed by atoms with Crippen LogP contribution in [0, 0.1) is 5.82 Å². The highest BCUT2D eigenvalue weighted by atomic mass is 35.5. The van der Waals surface area contributed by atoms with Gasteiger partial charge in [0.05, 0.1) is 16.5 Å². The van der Waals surface area contributed by atoms with Crippen molar-refractivity contribution in [3.63, 3.8) is 0 Å². The van der Waals surface area contributed by atoms with Crippen LogP contribution >= 0.6 is 22.9 Å². The number of sulfone groups is 1. The molecule has 2 aromatic carbocycles. The average molecular weight is 426 g/mol. The summed E-state index contributed by atoms with van der Waals surface area (Å²) in [6.07, 6.45) is 0.304. The third-order valence-electron chi connectivity index (χ3n) is 3.94. The molecule has 0 saturated heterocycles. The molecular weight excluding hydrogens is 409 g/mol. The van der Waals surface area contributed by atoms with E-state index in [0.717, 1.165) is 16.9 Å². The molecule has 0 aliphatic carbocycles. The Kier molecular flexibility index (Phi) is 6.14. The minimum Gasteiger partial charge on any atom is -0.351 e. The average Bonchev–Trinajstić information content (AvgIpc) is 2.95. The second kappa shape index (κ2) is 8.37. The minimum absolute atomic E-state index is 0.0184. The predicted molar refractivity (Wildman–Crippen MR) is 108 cm³/mol. The fourth-order valence-electron chi connectivity index (χ4n) is 2.66. The molecule has 1 N–H and O–H groups in total. The SMILES string of the molecule is O=C(NCCCS(=O)(=O)Cc1ccccc1)c1sc2cc(F)ccc2c1Cl. The number of hydrogen-bond donors (Lipinski definition) is 1. The lowest BCUT2D eigenvalue weighted by Gasteiger charge is -2.06. The molecule has 0 radical (unpaired) electrons. The van der Waals surface area contributed by atoms with Gasteiger partial charge in [-0.25, -0.2) is 12.8 Å². The first-order valence-corrected chi connectivity index (χ1v) is 11.3. The van der Waals surface area contributed by atoms with E-state index < -0.39 is 15.7 Å². The molecule has 8 heteroatoms. The molecule has 0 spiro atoms. The second-order valence-corrected chi connectivity index (χ2v) is 9.69. The molecule has 4 nitrogen and oxygen atoms in total. The van der Waals surface area contributed by atoms with Crippen molar-refractivity contribution in [1.29, 1.82) is 0 Å². The zero-order chi connectivity index (χ0) is 19.4. The van der Waals surface area contributed by atoms with Gasteiger partial charge >= 0.3 is 0 Å². The van der Waals surface area contributed by atoms with Gasteiger partial charge in [-0.2, -0.15) is 0 Å². The van der Waals surface area contributed by atoms with Crippen LogP contribution in [0.5, 0.6) is 0 Å². The van der Waals surface area contributed by atoms with Crippen molar-refractivity contribution in [2.24, 2.45) is 0 Å². The van der Waals surface area contributed by atoms with Crippen molar-refractivity contribution in [2.45, 2.75) is 12.2 Å². The maximum atomic E-state index is 13.3. The summed E-state index contributed by atoms with van der Waals surface area (Å²) in [5.41, 5.74) is 0.742. The number of benzene rings is 2. The Hall–Kier alpha value is -1.96. The van der Waals surface area contributed by atoms with Crippen LogP contribution in [0.1, 0.15) is 21.7 Å². The van der Waals surface area contributed by atoms with E-state index in [-0.39, 0.29) is 29.0 Å². The smallest absolute Gasteiger partial charge is 0.262 e. The van der Waals surface area contributed by atoms with E-state index in [4.69, 9.17) is 11.6 Å². The summed E-state index contributed by atoms with van der Waals surface area (Å²) in [6.45, 7) is 0.214. The van der Waals surface area contributed by atoms with Crippen LogP contribution in [-0.2, 0) is 15.6 Å². The molecule has 142 valence electrons. The molecule has 0 atom stereocenters. The van der Waals surface area contributed by atoms with E-state index in [9.17, 15) is 17.6 Å². The predicted octanol–water partition coefficient (Wildman–Crippen LogP) is 4.43. The number of halogens is 2. The number of rotatable bonds is 7. The van der Waals surface area contributed by atoms with Crippen molar-refractivity contribution < 1.29 is 17.6 Å². The summed E-state index contributed by atoms with van der Waals surface area (Å²) in [6, 6.07) is 13.1. The lowest BCUT2D eigenvalue weighted by Crippen LogP contribution is -2.25. The highest BCUT2D eigenvalue weighted by Crippen LogP contribution is 2.35. The zero-order valence-electron chi connectivity index (χ0n) is 14.2. The largest absolute Gasteiger partial charge is 0.351 e. The molecule has 1 heterocycles. The first-order valence-electron chi connectivity index (χ1n) is 8.26. The van der Waals surface area contributed by atoms with Gasteiger partial charge < -0.3 is 5.32 Å². The lowest BCUT2D eigenvalue weighted by atomic mass is 10.2. The number of thiophene rings is 1. The van der Waals surface area contributed by atoms with Gasteiger partial charge in [0.25, 0.3) is 5.91 Å². The fraction of sp³-hybridized carbons (Fsp3) is 0.211. The van der Waals surface area contributed by atoms with Crippen LogP contribution in [-0.4, -0.2) is 26.6 Å². The fourth-order valence-corrected chi connectivity index (χ4v) is 5.55. The molecule has 0 saturated carbocycles. The van der Waals surface area contributed by atoms with Gasteiger partial charge in [-0.1, -0.05) is 41.9 Å². The van der Waals surface area contributed by atoms with Gasteiger partial charge in [-0.3, -0.25) is 4.79 Å². The molecule has 27 heavy (non-hydrogen) atoms. The Labute approximate surface area is 165 Å². The third kappa shape index (κ3) is 5.06. The Balaban J connectivity index is 1.55. The Bertz CT molecular complexity index is 1070. The van der Waals surface area contributed by atoms with Gasteiger partial charge in [0, 0.05) is 16.6 Å². The summed E-state index contributed by atoms with van der Waals surface area (Å²) >= 11 is 7.32. The number of fused-ring (bicyclic) bond motifs is 1. The lowest BCUT2D eigenvalue weighted by molar-refractivity contribution is 0.0958. The molecule has 0 aliphatic rings. The monoisotopic (exact) mass is 425 g/mol. The van der Waals surface area contributed by atoms with Gasteiger partial charge in [0.2, 0.25) is 0 Å². The summed E-state index contributed by atoms with van der Waals surface area (Å²) < 4.78 is 38.2. The molecular formula is C19H17ClFNO3S2. The van der Waals surface area contributed by atoms with Crippen molar-refractivity contribution in [3.05, 3.63) is 69.8 Å². The number of hydrogen-bond acceptors (Lipinski definition) is 4. The van der Waals surface area contributed by atoms with Crippen molar-refractivity contribution in [1.82, 2.24) is 5.32 Å². The Morgan fingerprint density at radius 3 is 2.63 bits per heavy atom. The van der Waals surface area contributed by atoms with Crippen LogP contribution in [0.2, 0.25) is 5.02 Å². The summed E-state index contributed by atoms with van der Waals surface area (Å²) in [7, 11) is -3.25. The van der Waals surface area contributed by atoms with Gasteiger partial charge in [-0.15, -0.1) is 11.3 Å². The van der Waals surface area contributed by atoms with E-state index in [2.05, 4.69) is 5.32 Å². The first kappa shape index (κ1) is 19.8. The van der Waals surface area contributed by atoms with Crippen molar-refractivity contribution in [3.8, 4) is 0 Å². The standard InChI is InChI=1S/C19H17ClFNO3S2/c20-17-15-8-7-14(21)11-16(15)26-18(17)19(23)22-9-4-10-27(24,25)12-13-5-2-1-3-6-13/h1-3,5-8,11H,4,9-10,12H2,(H,22,23). The van der Waals surface area contributed by atoms with Crippen LogP contribution in [0.15, 0.2) is 48.5 Å². The van der Waals surface area contributed by atoms with E-state index in [1.54, 1.807) is 24.3 Å². The van der Waals surface area contributed by atoms with Gasteiger partial charge in [-0.05, 0) is 30.2 Å². The van der Waals surface area contributed by atoms with E-state index in [1.165, 1.54) is 18.2 Å². The number of carbonyl (C=O) groups excluding carboxylic acids is 1. The molecule has 3 aromatic rings. The number of nitrogens with one attached hydrogen (secondary N) is 1. The molecule has 1 aromatic heterocycles. The highest BCUT2D eigenvalue weighted by Gasteiger charge is 2.18. The molecule has 0 bridgehead atoms. The van der Waals surface area contributed by atoms with Crippen LogP contribution in [0.3, 0.4) is 0 Å². The number of carbonyl (C=O) groups is 1. The number of amides is 1. The normalized spacial score (nSPS) is 11.6. The van der Waals surface area contributed by atoms with Crippen molar-refractivity contribution in [2.75, 3.05) is 12.3 Å². The summed E-state index contributed by atoms with van der Waals surface area (Å²) in [5, 5.41) is 3.59. The van der Waals surface area contributed by atoms with E-state index in [0.29, 0.717) is 21.4 Å². The second-order valence-electron chi connectivity index (χ2n) is 6.07. The first-order chi connectivity index (χ1) is 12.9. The Morgan fingerprint density at radius 1 is 1.15 bits per heavy atom. The molecule has 0 aliphatic heterocycles. The molecule has 1 amide bonds. The Morgan fingerprint density at radius 2 is 1.89 bits per heavy atom.